The van der Waals surface area contributed by atoms with Gasteiger partial charge in [0.25, 0.3) is 5.91 Å². The standard InChI is InChI=1S/C24H25N3O2/c1-29-15-14-27-13-12-17-19(8-5-11-22(17)27)24(28)26-21-10-4-7-18-16-6-2-3-9-20(16)25-23(18)21/h2-3,5-6,8-9,11-13,21,25H,4,7,10,14-15H2,1H3,(H,26,28)/t21-/m1/s1. The Kier molecular flexibility index (Phi) is 4.60. The number of amides is 1. The highest BCUT2D eigenvalue weighted by Crippen LogP contribution is 2.35. The van der Waals surface area contributed by atoms with Gasteiger partial charge in [-0.3, -0.25) is 4.79 Å². The van der Waals surface area contributed by atoms with Crippen molar-refractivity contribution in [3.63, 3.8) is 0 Å². The summed E-state index contributed by atoms with van der Waals surface area (Å²) in [5.74, 6) is -0.0170. The number of methoxy groups -OCH3 is 1. The van der Waals surface area contributed by atoms with E-state index in [1.165, 1.54) is 10.9 Å². The number of H-pyrrole nitrogens is 1. The molecule has 0 saturated carbocycles. The summed E-state index contributed by atoms with van der Waals surface area (Å²) in [6, 6.07) is 16.4. The summed E-state index contributed by atoms with van der Waals surface area (Å²) in [6.45, 7) is 1.41. The van der Waals surface area contributed by atoms with Gasteiger partial charge in [-0.1, -0.05) is 24.3 Å². The first kappa shape index (κ1) is 18.0. The molecule has 0 radical (unpaired) electrons. The molecule has 1 aliphatic rings. The van der Waals surface area contributed by atoms with Crippen LogP contribution < -0.4 is 5.32 Å². The second-order valence-corrected chi connectivity index (χ2v) is 7.72. The Balaban J connectivity index is 1.45. The first-order chi connectivity index (χ1) is 14.3. The predicted octanol–water partition coefficient (Wildman–Crippen LogP) is 4.58. The van der Waals surface area contributed by atoms with E-state index in [1.807, 2.05) is 30.5 Å². The number of rotatable bonds is 5. The molecule has 0 bridgehead atoms. The third-order valence-electron chi connectivity index (χ3n) is 6.01. The number of aromatic nitrogens is 2. The normalized spacial score (nSPS) is 16.2. The van der Waals surface area contributed by atoms with Crippen LogP contribution in [0, 0.1) is 0 Å². The number of fused-ring (bicyclic) bond motifs is 4. The van der Waals surface area contributed by atoms with Gasteiger partial charge in [0.1, 0.15) is 0 Å². The van der Waals surface area contributed by atoms with Crippen LogP contribution in [0.25, 0.3) is 21.8 Å². The monoisotopic (exact) mass is 387 g/mol. The molecule has 5 rings (SSSR count). The molecular formula is C24H25N3O2. The zero-order valence-corrected chi connectivity index (χ0v) is 16.6. The van der Waals surface area contributed by atoms with E-state index in [-0.39, 0.29) is 11.9 Å². The minimum Gasteiger partial charge on any atom is -0.383 e. The van der Waals surface area contributed by atoms with Crippen molar-refractivity contribution in [2.24, 2.45) is 0 Å². The lowest BCUT2D eigenvalue weighted by Gasteiger charge is -2.24. The van der Waals surface area contributed by atoms with Gasteiger partial charge in [-0.15, -0.1) is 0 Å². The number of benzene rings is 2. The number of nitrogens with zero attached hydrogens (tertiary/aromatic N) is 1. The highest BCUT2D eigenvalue weighted by molar-refractivity contribution is 6.06. The molecule has 1 amide bonds. The van der Waals surface area contributed by atoms with E-state index < -0.39 is 0 Å². The maximum Gasteiger partial charge on any atom is 0.252 e. The number of carbonyl (C=O) groups excluding carboxylic acids is 1. The van der Waals surface area contributed by atoms with E-state index >= 15 is 0 Å². The topological polar surface area (TPSA) is 59.0 Å². The van der Waals surface area contributed by atoms with Crippen LogP contribution in [-0.4, -0.2) is 29.2 Å². The molecule has 0 fully saturated rings. The summed E-state index contributed by atoms with van der Waals surface area (Å²) >= 11 is 0. The second kappa shape index (κ2) is 7.41. The Morgan fingerprint density at radius 1 is 1.17 bits per heavy atom. The molecule has 2 aromatic heterocycles. The minimum atomic E-state index is -0.0170. The van der Waals surface area contributed by atoms with Gasteiger partial charge in [-0.2, -0.15) is 0 Å². The Labute approximate surface area is 169 Å². The van der Waals surface area contributed by atoms with Crippen molar-refractivity contribution in [1.29, 1.82) is 0 Å². The third-order valence-corrected chi connectivity index (χ3v) is 6.01. The van der Waals surface area contributed by atoms with E-state index in [4.69, 9.17) is 4.74 Å². The third kappa shape index (κ3) is 3.12. The zero-order chi connectivity index (χ0) is 19.8. The predicted molar refractivity (Wildman–Crippen MR) is 115 cm³/mol. The Morgan fingerprint density at radius 2 is 2.07 bits per heavy atom. The van der Waals surface area contributed by atoms with Crippen LogP contribution in [0.4, 0.5) is 0 Å². The number of nitrogens with one attached hydrogen (secondary N) is 2. The quantitative estimate of drug-likeness (QED) is 0.527. The molecular weight excluding hydrogens is 362 g/mol. The van der Waals surface area contributed by atoms with Crippen LogP contribution in [0.15, 0.2) is 54.7 Å². The van der Waals surface area contributed by atoms with E-state index in [0.717, 1.165) is 53.5 Å². The molecule has 4 aromatic rings. The molecule has 0 aliphatic heterocycles. The molecule has 0 saturated heterocycles. The highest BCUT2D eigenvalue weighted by atomic mass is 16.5. The maximum atomic E-state index is 13.2. The van der Waals surface area contributed by atoms with Crippen molar-refractivity contribution < 1.29 is 9.53 Å². The first-order valence-electron chi connectivity index (χ1n) is 10.2. The number of hydrogen-bond donors (Lipinski definition) is 2. The van der Waals surface area contributed by atoms with Crippen LogP contribution in [0.2, 0.25) is 0 Å². The molecule has 1 aliphatic carbocycles. The average molecular weight is 387 g/mol. The highest BCUT2D eigenvalue weighted by Gasteiger charge is 2.26. The van der Waals surface area contributed by atoms with E-state index in [1.54, 1.807) is 7.11 Å². The fourth-order valence-electron chi connectivity index (χ4n) is 4.60. The van der Waals surface area contributed by atoms with Crippen LogP contribution >= 0.6 is 0 Å². The van der Waals surface area contributed by atoms with Gasteiger partial charge < -0.3 is 19.6 Å². The van der Waals surface area contributed by atoms with Crippen molar-refractivity contribution in [3.05, 3.63) is 71.5 Å². The van der Waals surface area contributed by atoms with Crippen LogP contribution in [0.1, 0.15) is 40.5 Å². The Hall–Kier alpha value is -3.05. The van der Waals surface area contributed by atoms with Gasteiger partial charge >= 0.3 is 0 Å². The van der Waals surface area contributed by atoms with Crippen molar-refractivity contribution in [2.45, 2.75) is 31.8 Å². The number of aryl methyl sites for hydroxylation is 1. The molecule has 29 heavy (non-hydrogen) atoms. The van der Waals surface area contributed by atoms with E-state index in [2.05, 4.69) is 39.1 Å². The van der Waals surface area contributed by atoms with E-state index in [9.17, 15) is 4.79 Å². The van der Waals surface area contributed by atoms with Crippen LogP contribution in [0.3, 0.4) is 0 Å². The molecule has 1 atom stereocenters. The number of carbonyl (C=O) groups is 1. The molecule has 0 spiro atoms. The number of para-hydroxylation sites is 1. The summed E-state index contributed by atoms with van der Waals surface area (Å²) in [7, 11) is 1.70. The van der Waals surface area contributed by atoms with Gasteiger partial charge in [-0.25, -0.2) is 0 Å². The molecule has 2 N–H and O–H groups in total. The SMILES string of the molecule is COCCn1ccc2c(C(=O)N[C@@H]3CCCc4c3[nH]c3ccccc43)cccc21. The van der Waals surface area contributed by atoms with Gasteiger partial charge in [0.15, 0.2) is 0 Å². The van der Waals surface area contributed by atoms with Gasteiger partial charge in [0, 0.05) is 52.9 Å². The molecule has 2 heterocycles. The van der Waals surface area contributed by atoms with Gasteiger partial charge in [0.2, 0.25) is 0 Å². The summed E-state index contributed by atoms with van der Waals surface area (Å²) in [4.78, 5) is 16.8. The first-order valence-corrected chi connectivity index (χ1v) is 10.2. The second-order valence-electron chi connectivity index (χ2n) is 7.72. The fraction of sp³-hybridized carbons (Fsp3) is 0.292. The molecule has 0 unspecified atom stereocenters. The van der Waals surface area contributed by atoms with Crippen molar-refractivity contribution in [3.8, 4) is 0 Å². The lowest BCUT2D eigenvalue weighted by Crippen LogP contribution is -2.31. The zero-order valence-electron chi connectivity index (χ0n) is 16.6. The van der Waals surface area contributed by atoms with Crippen LogP contribution in [0.5, 0.6) is 0 Å². The summed E-state index contributed by atoms with van der Waals surface area (Å²) in [6.07, 6.45) is 5.12. The number of ether oxygens (including phenoxy) is 1. The average Bonchev–Trinajstić information content (AvgIpc) is 3.34. The molecule has 5 nitrogen and oxygen atoms in total. The van der Waals surface area contributed by atoms with E-state index in [0.29, 0.717) is 6.61 Å². The summed E-state index contributed by atoms with van der Waals surface area (Å²) in [5, 5.41) is 5.55. The largest absolute Gasteiger partial charge is 0.383 e. The lowest BCUT2D eigenvalue weighted by molar-refractivity contribution is 0.0933. The summed E-state index contributed by atoms with van der Waals surface area (Å²) < 4.78 is 7.33. The molecule has 2 aromatic carbocycles. The number of aromatic amines is 1. The summed E-state index contributed by atoms with van der Waals surface area (Å²) in [5.41, 5.74) is 5.44. The Bertz CT molecular complexity index is 1190. The number of hydrogen-bond acceptors (Lipinski definition) is 2. The van der Waals surface area contributed by atoms with Gasteiger partial charge in [-0.05, 0) is 49.1 Å². The van der Waals surface area contributed by atoms with Crippen molar-refractivity contribution in [2.75, 3.05) is 13.7 Å². The minimum absolute atomic E-state index is 0.0170. The lowest BCUT2D eigenvalue weighted by atomic mass is 9.91. The van der Waals surface area contributed by atoms with Crippen molar-refractivity contribution in [1.82, 2.24) is 14.9 Å². The Morgan fingerprint density at radius 3 is 2.97 bits per heavy atom. The fourth-order valence-corrected chi connectivity index (χ4v) is 4.60. The molecule has 5 heteroatoms. The van der Waals surface area contributed by atoms with Crippen molar-refractivity contribution >= 4 is 27.7 Å². The molecule has 148 valence electrons. The maximum absolute atomic E-state index is 13.2. The van der Waals surface area contributed by atoms with Gasteiger partial charge in [0.05, 0.1) is 12.6 Å². The smallest absolute Gasteiger partial charge is 0.252 e. The van der Waals surface area contributed by atoms with Crippen LogP contribution in [-0.2, 0) is 17.7 Å².